The van der Waals surface area contributed by atoms with Crippen LogP contribution in [0.1, 0.15) is 18.5 Å². The van der Waals surface area contributed by atoms with E-state index in [0.29, 0.717) is 5.56 Å². The standard InChI is InChI=1S/C13H15BrN2O4/c1-8(17)16(2)7-11(18)15-12(13(19)20)9-3-5-10(14)6-4-9/h3-6,12H,7H2,1-2H3,(H,15,18)(H,19,20). The van der Waals surface area contributed by atoms with Crippen LogP contribution in [0.5, 0.6) is 0 Å². The van der Waals surface area contributed by atoms with E-state index in [9.17, 15) is 19.5 Å². The summed E-state index contributed by atoms with van der Waals surface area (Å²) in [6.07, 6.45) is 0. The maximum absolute atomic E-state index is 11.7. The van der Waals surface area contributed by atoms with Crippen LogP contribution in [0.15, 0.2) is 28.7 Å². The third-order valence-electron chi connectivity index (χ3n) is 2.67. The van der Waals surface area contributed by atoms with Crippen molar-refractivity contribution >= 4 is 33.7 Å². The number of carbonyl (C=O) groups excluding carboxylic acids is 2. The number of hydrogen-bond donors (Lipinski definition) is 2. The number of aliphatic carboxylic acids is 1. The second-order valence-corrected chi connectivity index (χ2v) is 5.18. The Morgan fingerprint density at radius 3 is 2.30 bits per heavy atom. The van der Waals surface area contributed by atoms with Crippen molar-refractivity contribution in [2.75, 3.05) is 13.6 Å². The molecule has 2 N–H and O–H groups in total. The number of carboxylic acid groups (broad SMARTS) is 1. The smallest absolute Gasteiger partial charge is 0.330 e. The second kappa shape index (κ2) is 7.04. The van der Waals surface area contributed by atoms with E-state index >= 15 is 0 Å². The minimum Gasteiger partial charge on any atom is -0.479 e. The molecule has 2 amide bonds. The number of nitrogens with zero attached hydrogens (tertiary/aromatic N) is 1. The Morgan fingerprint density at radius 1 is 1.30 bits per heavy atom. The van der Waals surface area contributed by atoms with Gasteiger partial charge in [0, 0.05) is 18.4 Å². The zero-order chi connectivity index (χ0) is 15.3. The summed E-state index contributed by atoms with van der Waals surface area (Å²) < 4.78 is 0.813. The zero-order valence-electron chi connectivity index (χ0n) is 11.1. The van der Waals surface area contributed by atoms with Crippen LogP contribution in [0.4, 0.5) is 0 Å². The number of halogens is 1. The van der Waals surface area contributed by atoms with Crippen molar-refractivity contribution in [1.29, 1.82) is 0 Å². The minimum atomic E-state index is -1.16. The summed E-state index contributed by atoms with van der Waals surface area (Å²) in [5, 5.41) is 11.6. The number of likely N-dealkylation sites (N-methyl/N-ethyl adjacent to an activating group) is 1. The van der Waals surface area contributed by atoms with Crippen LogP contribution >= 0.6 is 15.9 Å². The van der Waals surface area contributed by atoms with E-state index in [0.717, 1.165) is 4.47 Å². The highest BCUT2D eigenvalue weighted by atomic mass is 79.9. The maximum Gasteiger partial charge on any atom is 0.330 e. The van der Waals surface area contributed by atoms with Gasteiger partial charge in [-0.25, -0.2) is 4.79 Å². The molecule has 1 aromatic rings. The second-order valence-electron chi connectivity index (χ2n) is 4.27. The maximum atomic E-state index is 11.7. The summed E-state index contributed by atoms with van der Waals surface area (Å²) in [6.45, 7) is 1.15. The predicted octanol–water partition coefficient (Wildman–Crippen LogP) is 1.17. The Hall–Kier alpha value is -1.89. The lowest BCUT2D eigenvalue weighted by atomic mass is 10.1. The molecule has 1 aromatic carbocycles. The van der Waals surface area contributed by atoms with E-state index in [1.165, 1.54) is 18.9 Å². The first-order chi connectivity index (χ1) is 9.31. The molecule has 0 aliphatic carbocycles. The van der Waals surface area contributed by atoms with Gasteiger partial charge >= 0.3 is 5.97 Å². The lowest BCUT2D eigenvalue weighted by molar-refractivity contribution is -0.142. The van der Waals surface area contributed by atoms with Crippen LogP contribution in [0, 0.1) is 0 Å². The molecule has 20 heavy (non-hydrogen) atoms. The number of hydrogen-bond acceptors (Lipinski definition) is 3. The third kappa shape index (κ3) is 4.65. The number of carboxylic acids is 1. The SMILES string of the molecule is CC(=O)N(C)CC(=O)NC(C(=O)O)c1ccc(Br)cc1. The molecule has 0 fully saturated rings. The van der Waals surface area contributed by atoms with Gasteiger partial charge in [0.05, 0.1) is 6.54 Å². The van der Waals surface area contributed by atoms with Gasteiger partial charge in [0.15, 0.2) is 6.04 Å². The van der Waals surface area contributed by atoms with Gasteiger partial charge in [-0.15, -0.1) is 0 Å². The molecule has 1 rings (SSSR count). The molecule has 108 valence electrons. The first kappa shape index (κ1) is 16.2. The van der Waals surface area contributed by atoms with Crippen LogP contribution in [0.2, 0.25) is 0 Å². The highest BCUT2D eigenvalue weighted by Crippen LogP contribution is 2.17. The molecule has 7 heteroatoms. The van der Waals surface area contributed by atoms with Crippen LogP contribution < -0.4 is 5.32 Å². The largest absolute Gasteiger partial charge is 0.479 e. The summed E-state index contributed by atoms with van der Waals surface area (Å²) in [5.74, 6) is -1.96. The van der Waals surface area contributed by atoms with Crippen molar-refractivity contribution in [2.24, 2.45) is 0 Å². The van der Waals surface area contributed by atoms with Crippen molar-refractivity contribution in [1.82, 2.24) is 10.2 Å². The molecule has 0 aliphatic heterocycles. The van der Waals surface area contributed by atoms with E-state index < -0.39 is 17.9 Å². The van der Waals surface area contributed by atoms with Gasteiger partial charge in [-0.05, 0) is 17.7 Å². The molecule has 0 saturated carbocycles. The van der Waals surface area contributed by atoms with E-state index in [2.05, 4.69) is 21.2 Å². The van der Waals surface area contributed by atoms with E-state index in [-0.39, 0.29) is 12.5 Å². The first-order valence-electron chi connectivity index (χ1n) is 5.80. The van der Waals surface area contributed by atoms with Gasteiger partial charge in [-0.3, -0.25) is 9.59 Å². The molecule has 0 saturated heterocycles. The molecular weight excluding hydrogens is 328 g/mol. The van der Waals surface area contributed by atoms with E-state index in [1.807, 2.05) is 0 Å². The van der Waals surface area contributed by atoms with Gasteiger partial charge in [0.2, 0.25) is 11.8 Å². The fourth-order valence-electron chi connectivity index (χ4n) is 1.48. The molecule has 0 radical (unpaired) electrons. The predicted molar refractivity (Wildman–Crippen MR) is 76.0 cm³/mol. The Labute approximate surface area is 124 Å². The first-order valence-corrected chi connectivity index (χ1v) is 6.60. The van der Waals surface area contributed by atoms with E-state index in [1.54, 1.807) is 24.3 Å². The summed E-state index contributed by atoms with van der Waals surface area (Å²) in [4.78, 5) is 35.2. The quantitative estimate of drug-likeness (QED) is 0.840. The lowest BCUT2D eigenvalue weighted by Crippen LogP contribution is -2.41. The number of carbonyl (C=O) groups is 3. The van der Waals surface area contributed by atoms with Crippen molar-refractivity contribution < 1.29 is 19.5 Å². The van der Waals surface area contributed by atoms with Gasteiger partial charge in [-0.2, -0.15) is 0 Å². The molecule has 0 spiro atoms. The zero-order valence-corrected chi connectivity index (χ0v) is 12.7. The number of amides is 2. The fourth-order valence-corrected chi connectivity index (χ4v) is 1.74. The monoisotopic (exact) mass is 342 g/mol. The molecule has 0 bridgehead atoms. The molecular formula is C13H15BrN2O4. The molecule has 0 aliphatic rings. The Kier molecular flexibility index (Phi) is 5.69. The molecule has 0 heterocycles. The van der Waals surface area contributed by atoms with Crippen molar-refractivity contribution in [3.63, 3.8) is 0 Å². The molecule has 0 aromatic heterocycles. The Morgan fingerprint density at radius 2 is 1.85 bits per heavy atom. The minimum absolute atomic E-state index is 0.185. The van der Waals surface area contributed by atoms with Crippen molar-refractivity contribution in [3.8, 4) is 0 Å². The van der Waals surface area contributed by atoms with Gasteiger partial charge in [-0.1, -0.05) is 28.1 Å². The number of rotatable bonds is 5. The van der Waals surface area contributed by atoms with Gasteiger partial charge in [0.25, 0.3) is 0 Å². The lowest BCUT2D eigenvalue weighted by Gasteiger charge is -2.18. The number of nitrogens with one attached hydrogen (secondary N) is 1. The van der Waals surface area contributed by atoms with Crippen LogP contribution in [-0.2, 0) is 14.4 Å². The summed E-state index contributed by atoms with van der Waals surface area (Å²) in [5.41, 5.74) is 0.458. The van der Waals surface area contributed by atoms with Crippen LogP contribution in [-0.4, -0.2) is 41.4 Å². The topological polar surface area (TPSA) is 86.7 Å². The molecule has 1 unspecified atom stereocenters. The van der Waals surface area contributed by atoms with Gasteiger partial charge < -0.3 is 15.3 Å². The van der Waals surface area contributed by atoms with Crippen LogP contribution in [0.25, 0.3) is 0 Å². The summed E-state index contributed by atoms with van der Waals surface area (Å²) in [6, 6.07) is 5.46. The number of benzene rings is 1. The van der Waals surface area contributed by atoms with Crippen molar-refractivity contribution in [2.45, 2.75) is 13.0 Å². The third-order valence-corrected chi connectivity index (χ3v) is 3.20. The summed E-state index contributed by atoms with van der Waals surface area (Å²) in [7, 11) is 1.47. The highest BCUT2D eigenvalue weighted by molar-refractivity contribution is 9.10. The Bertz CT molecular complexity index is 516. The normalized spacial score (nSPS) is 11.6. The van der Waals surface area contributed by atoms with E-state index in [4.69, 9.17) is 0 Å². The molecule has 6 nitrogen and oxygen atoms in total. The average molecular weight is 343 g/mol. The fraction of sp³-hybridized carbons (Fsp3) is 0.308. The van der Waals surface area contributed by atoms with Crippen LogP contribution in [0.3, 0.4) is 0 Å². The average Bonchev–Trinajstić information content (AvgIpc) is 2.36. The highest BCUT2D eigenvalue weighted by Gasteiger charge is 2.22. The Balaban J connectivity index is 2.78. The van der Waals surface area contributed by atoms with Gasteiger partial charge in [0.1, 0.15) is 0 Å². The summed E-state index contributed by atoms with van der Waals surface area (Å²) >= 11 is 3.25. The van der Waals surface area contributed by atoms with Crippen molar-refractivity contribution in [3.05, 3.63) is 34.3 Å². The molecule has 1 atom stereocenters.